The van der Waals surface area contributed by atoms with Gasteiger partial charge in [-0.3, -0.25) is 0 Å². The highest BCUT2D eigenvalue weighted by Gasteiger charge is 2.39. The smallest absolute Gasteiger partial charge is 0.124 e. The number of hydrogen-bond acceptors (Lipinski definition) is 2. The summed E-state index contributed by atoms with van der Waals surface area (Å²) in [5.41, 5.74) is 1.33. The van der Waals surface area contributed by atoms with Crippen molar-refractivity contribution in [3.8, 4) is 5.75 Å². The van der Waals surface area contributed by atoms with Gasteiger partial charge in [0.05, 0.1) is 6.04 Å². The summed E-state index contributed by atoms with van der Waals surface area (Å²) in [6.45, 7) is 3.13. The van der Waals surface area contributed by atoms with Crippen LogP contribution in [0.15, 0.2) is 36.4 Å². The van der Waals surface area contributed by atoms with Crippen LogP contribution in [0, 0.1) is 17.8 Å². The molecule has 3 aliphatic rings. The third-order valence-electron chi connectivity index (χ3n) is 5.14. The van der Waals surface area contributed by atoms with Gasteiger partial charge in [-0.2, -0.15) is 0 Å². The number of ether oxygens (including phenoxy) is 1. The first kappa shape index (κ1) is 11.5. The topological polar surface area (TPSA) is 21.3 Å². The van der Waals surface area contributed by atoms with Crippen molar-refractivity contribution >= 4 is 0 Å². The first-order valence-corrected chi connectivity index (χ1v) is 7.47. The molecule has 5 atom stereocenters. The lowest BCUT2D eigenvalue weighted by atomic mass is 9.87. The zero-order valence-electron chi connectivity index (χ0n) is 11.4. The van der Waals surface area contributed by atoms with Crippen LogP contribution in [0.3, 0.4) is 0 Å². The van der Waals surface area contributed by atoms with Crippen molar-refractivity contribution in [3.05, 3.63) is 42.0 Å². The van der Waals surface area contributed by atoms with Crippen LogP contribution in [0.5, 0.6) is 5.75 Å². The van der Waals surface area contributed by atoms with Crippen molar-refractivity contribution in [2.45, 2.75) is 31.8 Å². The van der Waals surface area contributed by atoms with Crippen LogP contribution >= 0.6 is 0 Å². The summed E-state index contributed by atoms with van der Waals surface area (Å²) in [5, 5.41) is 3.80. The Balaban J connectivity index is 1.46. The van der Waals surface area contributed by atoms with Crippen molar-refractivity contribution in [2.75, 3.05) is 6.61 Å². The third-order valence-corrected chi connectivity index (χ3v) is 5.14. The Labute approximate surface area is 114 Å². The third kappa shape index (κ3) is 1.90. The van der Waals surface area contributed by atoms with E-state index in [2.05, 4.69) is 42.6 Å². The van der Waals surface area contributed by atoms with Crippen LogP contribution in [0.25, 0.3) is 0 Å². The van der Waals surface area contributed by atoms with Crippen molar-refractivity contribution in [2.24, 2.45) is 17.8 Å². The van der Waals surface area contributed by atoms with Gasteiger partial charge in [0.15, 0.2) is 0 Å². The molecule has 2 nitrogen and oxygen atoms in total. The molecule has 1 saturated carbocycles. The maximum absolute atomic E-state index is 5.76. The van der Waals surface area contributed by atoms with Crippen LogP contribution < -0.4 is 10.1 Å². The molecule has 4 rings (SSSR count). The number of hydrogen-bond donors (Lipinski definition) is 1. The summed E-state index contributed by atoms with van der Waals surface area (Å²) in [6.07, 6.45) is 7.61. The van der Waals surface area contributed by atoms with Gasteiger partial charge in [0.25, 0.3) is 0 Å². The minimum atomic E-state index is 0.370. The van der Waals surface area contributed by atoms with E-state index in [-0.39, 0.29) is 0 Å². The van der Waals surface area contributed by atoms with Gasteiger partial charge in [0.2, 0.25) is 0 Å². The highest BCUT2D eigenvalue weighted by atomic mass is 16.5. The molecule has 0 saturated heterocycles. The lowest BCUT2D eigenvalue weighted by Gasteiger charge is -2.28. The van der Waals surface area contributed by atoms with Gasteiger partial charge in [0, 0.05) is 11.6 Å². The van der Waals surface area contributed by atoms with Crippen LogP contribution in [-0.2, 0) is 0 Å². The molecule has 2 bridgehead atoms. The molecule has 0 amide bonds. The summed E-state index contributed by atoms with van der Waals surface area (Å²) < 4.78 is 5.76. The van der Waals surface area contributed by atoms with Gasteiger partial charge in [-0.25, -0.2) is 0 Å². The highest BCUT2D eigenvalue weighted by molar-refractivity contribution is 5.39. The van der Waals surface area contributed by atoms with Crippen molar-refractivity contribution < 1.29 is 4.74 Å². The summed E-state index contributed by atoms with van der Waals surface area (Å²) >= 11 is 0. The van der Waals surface area contributed by atoms with E-state index in [0.29, 0.717) is 12.1 Å². The molecule has 2 aliphatic carbocycles. The normalized spacial score (nSPS) is 36.3. The van der Waals surface area contributed by atoms with E-state index < -0.39 is 0 Å². The Kier molecular flexibility index (Phi) is 2.66. The van der Waals surface area contributed by atoms with Crippen LogP contribution in [0.4, 0.5) is 0 Å². The van der Waals surface area contributed by atoms with Crippen molar-refractivity contribution in [3.63, 3.8) is 0 Å². The van der Waals surface area contributed by atoms with Crippen LogP contribution in [0.2, 0.25) is 0 Å². The molecule has 5 unspecified atom stereocenters. The standard InChI is InChI=1S/C17H21NO/c1-11(15-9-12-6-7-13(15)8-12)18-16-10-19-17-5-3-2-4-14(16)17/h2-7,11-13,15-16,18H,8-10H2,1H3. The monoisotopic (exact) mass is 255 g/mol. The zero-order valence-corrected chi connectivity index (χ0v) is 11.4. The first-order chi connectivity index (χ1) is 9.31. The maximum Gasteiger partial charge on any atom is 0.124 e. The lowest BCUT2D eigenvalue weighted by molar-refractivity contribution is 0.259. The molecule has 1 aliphatic heterocycles. The fraction of sp³-hybridized carbons (Fsp3) is 0.529. The summed E-state index contributed by atoms with van der Waals surface area (Å²) in [4.78, 5) is 0. The summed E-state index contributed by atoms with van der Waals surface area (Å²) in [5.74, 6) is 3.53. The largest absolute Gasteiger partial charge is 0.491 e. The van der Waals surface area contributed by atoms with E-state index in [9.17, 15) is 0 Å². The Morgan fingerprint density at radius 2 is 2.11 bits per heavy atom. The van der Waals surface area contributed by atoms with Gasteiger partial charge >= 0.3 is 0 Å². The molecule has 1 fully saturated rings. The minimum Gasteiger partial charge on any atom is -0.491 e. The second-order valence-electron chi connectivity index (χ2n) is 6.30. The van der Waals surface area contributed by atoms with E-state index in [1.807, 2.05) is 6.07 Å². The number of benzene rings is 1. The molecular weight excluding hydrogens is 234 g/mol. The second-order valence-corrected chi connectivity index (χ2v) is 6.30. The molecule has 0 radical (unpaired) electrons. The zero-order chi connectivity index (χ0) is 12.8. The average Bonchev–Trinajstić information content (AvgIpc) is 3.14. The minimum absolute atomic E-state index is 0.370. The second kappa shape index (κ2) is 4.38. The quantitative estimate of drug-likeness (QED) is 0.837. The van der Waals surface area contributed by atoms with E-state index in [1.165, 1.54) is 18.4 Å². The number of rotatable bonds is 3. The molecular formula is C17H21NO. The molecule has 0 aromatic heterocycles. The number of allylic oxidation sites excluding steroid dienone is 2. The number of fused-ring (bicyclic) bond motifs is 3. The number of para-hydroxylation sites is 1. The predicted octanol–water partition coefficient (Wildman–Crippen LogP) is 3.31. The first-order valence-electron chi connectivity index (χ1n) is 7.47. The molecule has 100 valence electrons. The van der Waals surface area contributed by atoms with E-state index >= 15 is 0 Å². The molecule has 0 spiro atoms. The van der Waals surface area contributed by atoms with Gasteiger partial charge in [0.1, 0.15) is 12.4 Å². The van der Waals surface area contributed by atoms with Gasteiger partial charge < -0.3 is 10.1 Å². The SMILES string of the molecule is CC(NC1COc2ccccc21)C1CC2C=CC1C2. The molecule has 1 aromatic carbocycles. The summed E-state index contributed by atoms with van der Waals surface area (Å²) in [7, 11) is 0. The Bertz CT molecular complexity index is 510. The molecule has 1 N–H and O–H groups in total. The van der Waals surface area contributed by atoms with Crippen LogP contribution in [-0.4, -0.2) is 12.6 Å². The van der Waals surface area contributed by atoms with E-state index in [0.717, 1.165) is 30.1 Å². The fourth-order valence-electron chi connectivity index (χ4n) is 4.14. The molecule has 2 heteroatoms. The van der Waals surface area contributed by atoms with E-state index in [1.54, 1.807) is 0 Å². The molecule has 1 heterocycles. The number of nitrogens with one attached hydrogen (secondary N) is 1. The Morgan fingerprint density at radius 1 is 1.21 bits per heavy atom. The molecule has 19 heavy (non-hydrogen) atoms. The maximum atomic E-state index is 5.76. The summed E-state index contributed by atoms with van der Waals surface area (Å²) in [6, 6.07) is 9.35. The molecule has 1 aromatic rings. The van der Waals surface area contributed by atoms with Gasteiger partial charge in [-0.1, -0.05) is 30.4 Å². The van der Waals surface area contributed by atoms with Gasteiger partial charge in [-0.15, -0.1) is 0 Å². The van der Waals surface area contributed by atoms with Crippen molar-refractivity contribution in [1.82, 2.24) is 5.32 Å². The van der Waals surface area contributed by atoms with Gasteiger partial charge in [-0.05, 0) is 43.6 Å². The fourth-order valence-corrected chi connectivity index (χ4v) is 4.14. The Hall–Kier alpha value is -1.28. The lowest BCUT2D eigenvalue weighted by Crippen LogP contribution is -2.38. The Morgan fingerprint density at radius 3 is 2.89 bits per heavy atom. The van der Waals surface area contributed by atoms with Crippen molar-refractivity contribution in [1.29, 1.82) is 0 Å². The van der Waals surface area contributed by atoms with Crippen LogP contribution in [0.1, 0.15) is 31.4 Å². The highest BCUT2D eigenvalue weighted by Crippen LogP contribution is 2.45. The average molecular weight is 255 g/mol. The van der Waals surface area contributed by atoms with E-state index in [4.69, 9.17) is 4.74 Å². The predicted molar refractivity (Wildman–Crippen MR) is 76.1 cm³/mol.